The molecular weight excluding hydrogens is 426 g/mol. The van der Waals surface area contributed by atoms with Gasteiger partial charge in [-0.3, -0.25) is 4.98 Å². The topological polar surface area (TPSA) is 62.8 Å². The number of alkyl halides is 6. The molecule has 5 nitrogen and oxygen atoms in total. The van der Waals surface area contributed by atoms with E-state index in [1.807, 2.05) is 0 Å². The van der Waals surface area contributed by atoms with E-state index in [2.05, 4.69) is 20.3 Å². The third kappa shape index (κ3) is 4.55. The van der Waals surface area contributed by atoms with Crippen molar-refractivity contribution in [1.29, 1.82) is 0 Å². The van der Waals surface area contributed by atoms with Gasteiger partial charge in [0.05, 0.1) is 22.8 Å². The van der Waals surface area contributed by atoms with E-state index < -0.39 is 29.0 Å². The first-order chi connectivity index (χ1) is 14.6. The van der Waals surface area contributed by atoms with Crippen molar-refractivity contribution in [2.45, 2.75) is 12.4 Å². The minimum Gasteiger partial charge on any atom is -0.456 e. The van der Waals surface area contributed by atoms with E-state index in [9.17, 15) is 26.3 Å². The summed E-state index contributed by atoms with van der Waals surface area (Å²) >= 11 is 0. The molecule has 0 spiro atoms. The van der Waals surface area contributed by atoms with Crippen molar-refractivity contribution in [2.24, 2.45) is 0 Å². The van der Waals surface area contributed by atoms with Crippen molar-refractivity contribution < 1.29 is 31.1 Å². The first-order valence-electron chi connectivity index (χ1n) is 8.73. The Morgan fingerprint density at radius 1 is 0.871 bits per heavy atom. The summed E-state index contributed by atoms with van der Waals surface area (Å²) in [4.78, 5) is 10.2. The molecule has 2 aromatic heterocycles. The van der Waals surface area contributed by atoms with Crippen LogP contribution in [0.5, 0.6) is 11.5 Å². The highest BCUT2D eigenvalue weighted by atomic mass is 19.4. The van der Waals surface area contributed by atoms with Gasteiger partial charge in [0.25, 0.3) is 0 Å². The molecule has 4 aromatic rings. The molecule has 0 saturated carbocycles. The Morgan fingerprint density at radius 3 is 2.23 bits per heavy atom. The lowest BCUT2D eigenvalue weighted by Crippen LogP contribution is -2.11. The van der Waals surface area contributed by atoms with E-state index in [0.29, 0.717) is 23.3 Å². The molecule has 2 N–H and O–H groups in total. The van der Waals surface area contributed by atoms with Gasteiger partial charge >= 0.3 is 12.4 Å². The summed E-state index contributed by atoms with van der Waals surface area (Å²) in [5.41, 5.74) is -3.45. The molecule has 0 radical (unpaired) electrons. The van der Waals surface area contributed by atoms with Gasteiger partial charge in [0.15, 0.2) is 0 Å². The zero-order valence-corrected chi connectivity index (χ0v) is 15.3. The second-order valence-electron chi connectivity index (χ2n) is 6.44. The molecule has 11 heteroatoms. The SMILES string of the molecule is FC(F)(F)c1cc(C(F)(F)F)c2nc(Nc3ccc(Oc4cccnc4)cc3)[nH]c2c1. The van der Waals surface area contributed by atoms with Gasteiger partial charge in [0.2, 0.25) is 5.95 Å². The van der Waals surface area contributed by atoms with Crippen LogP contribution in [0.1, 0.15) is 11.1 Å². The van der Waals surface area contributed by atoms with Crippen LogP contribution in [-0.2, 0) is 12.4 Å². The predicted molar refractivity (Wildman–Crippen MR) is 100 cm³/mol. The lowest BCUT2D eigenvalue weighted by Gasteiger charge is -2.11. The van der Waals surface area contributed by atoms with Crippen LogP contribution < -0.4 is 10.1 Å². The van der Waals surface area contributed by atoms with Gasteiger partial charge in [0.1, 0.15) is 17.0 Å². The van der Waals surface area contributed by atoms with Gasteiger partial charge in [-0.05, 0) is 48.5 Å². The Bertz CT molecular complexity index is 1200. The number of ether oxygens (including phenoxy) is 1. The van der Waals surface area contributed by atoms with Crippen LogP contribution in [0.15, 0.2) is 60.9 Å². The highest BCUT2D eigenvalue weighted by molar-refractivity contribution is 5.83. The number of pyridine rings is 1. The lowest BCUT2D eigenvalue weighted by molar-refractivity contribution is -0.142. The van der Waals surface area contributed by atoms with E-state index in [-0.39, 0.29) is 17.5 Å². The van der Waals surface area contributed by atoms with Gasteiger partial charge in [-0.2, -0.15) is 26.3 Å². The van der Waals surface area contributed by atoms with Crippen molar-refractivity contribution in [3.8, 4) is 11.5 Å². The Morgan fingerprint density at radius 2 is 1.61 bits per heavy atom. The second-order valence-corrected chi connectivity index (χ2v) is 6.44. The number of halogens is 6. The number of anilines is 2. The van der Waals surface area contributed by atoms with Crippen LogP contribution in [0.25, 0.3) is 11.0 Å². The van der Waals surface area contributed by atoms with Crippen LogP contribution in [0.4, 0.5) is 38.0 Å². The number of aromatic nitrogens is 3. The van der Waals surface area contributed by atoms with Crippen LogP contribution in [-0.4, -0.2) is 15.0 Å². The molecule has 160 valence electrons. The summed E-state index contributed by atoms with van der Waals surface area (Å²) < 4.78 is 84.4. The van der Waals surface area contributed by atoms with E-state index in [1.165, 1.54) is 6.20 Å². The molecule has 4 rings (SSSR count). The van der Waals surface area contributed by atoms with Crippen LogP contribution in [0.3, 0.4) is 0 Å². The highest BCUT2D eigenvalue weighted by Crippen LogP contribution is 2.39. The molecule has 2 aromatic carbocycles. The van der Waals surface area contributed by atoms with Crippen LogP contribution >= 0.6 is 0 Å². The Balaban J connectivity index is 1.61. The van der Waals surface area contributed by atoms with Gasteiger partial charge in [-0.25, -0.2) is 4.98 Å². The number of imidazole rings is 1. The molecule has 0 unspecified atom stereocenters. The number of H-pyrrole nitrogens is 1. The Kier molecular flexibility index (Phi) is 4.96. The largest absolute Gasteiger partial charge is 0.456 e. The van der Waals surface area contributed by atoms with E-state index in [1.54, 1.807) is 42.6 Å². The summed E-state index contributed by atoms with van der Waals surface area (Å²) in [5.74, 6) is 0.860. The highest BCUT2D eigenvalue weighted by Gasteiger charge is 2.39. The van der Waals surface area contributed by atoms with Crippen molar-refractivity contribution in [1.82, 2.24) is 15.0 Å². The second kappa shape index (κ2) is 7.49. The van der Waals surface area contributed by atoms with Crippen molar-refractivity contribution in [3.63, 3.8) is 0 Å². The number of aromatic amines is 1. The average Bonchev–Trinajstić information content (AvgIpc) is 3.10. The molecule has 0 bridgehead atoms. The molecule has 0 fully saturated rings. The van der Waals surface area contributed by atoms with Gasteiger partial charge < -0.3 is 15.0 Å². The molecular formula is C20H12F6N4O. The molecule has 31 heavy (non-hydrogen) atoms. The number of fused-ring (bicyclic) bond motifs is 1. The smallest absolute Gasteiger partial charge is 0.418 e. The minimum atomic E-state index is -5.00. The van der Waals surface area contributed by atoms with Crippen LogP contribution in [0.2, 0.25) is 0 Å². The molecule has 0 saturated heterocycles. The van der Waals surface area contributed by atoms with E-state index >= 15 is 0 Å². The molecule has 0 aliphatic carbocycles. The fourth-order valence-electron chi connectivity index (χ4n) is 2.84. The zero-order valence-electron chi connectivity index (χ0n) is 15.3. The summed E-state index contributed by atoms with van der Waals surface area (Å²) in [6.07, 6.45) is -6.82. The van der Waals surface area contributed by atoms with Gasteiger partial charge in [0, 0.05) is 11.9 Å². The zero-order chi connectivity index (χ0) is 22.2. The standard InChI is InChI=1S/C20H12F6N4O/c21-19(22,23)11-8-15(20(24,25)26)17-16(9-11)29-18(30-17)28-12-3-5-13(6-4-12)31-14-2-1-7-27-10-14/h1-10H,(H2,28,29,30). The summed E-state index contributed by atoms with van der Waals surface area (Å²) in [5, 5.41) is 2.74. The molecule has 0 amide bonds. The monoisotopic (exact) mass is 438 g/mol. The van der Waals surface area contributed by atoms with Crippen LogP contribution in [0, 0.1) is 0 Å². The molecule has 2 heterocycles. The third-order valence-corrected chi connectivity index (χ3v) is 4.21. The number of nitrogens with one attached hydrogen (secondary N) is 2. The number of benzene rings is 2. The summed E-state index contributed by atoms with van der Waals surface area (Å²) in [6.45, 7) is 0. The maximum atomic E-state index is 13.3. The van der Waals surface area contributed by atoms with Crippen molar-refractivity contribution in [3.05, 3.63) is 72.1 Å². The molecule has 0 aliphatic rings. The first kappa shape index (κ1) is 20.5. The fourth-order valence-corrected chi connectivity index (χ4v) is 2.84. The summed E-state index contributed by atoms with van der Waals surface area (Å²) in [6, 6.07) is 10.4. The number of nitrogens with zero attached hydrogens (tertiary/aromatic N) is 2. The normalized spacial score (nSPS) is 12.2. The Labute approximate surface area is 170 Å². The lowest BCUT2D eigenvalue weighted by atomic mass is 10.1. The molecule has 0 atom stereocenters. The minimum absolute atomic E-state index is 0.0531. The quantitative estimate of drug-likeness (QED) is 0.356. The first-order valence-corrected chi connectivity index (χ1v) is 8.73. The predicted octanol–water partition coefficient (Wildman–Crippen LogP) is 6.53. The number of hydrogen-bond acceptors (Lipinski definition) is 4. The van der Waals surface area contributed by atoms with E-state index in [4.69, 9.17) is 4.74 Å². The maximum Gasteiger partial charge on any atom is 0.418 e. The molecule has 0 aliphatic heterocycles. The Hall–Kier alpha value is -3.76. The summed E-state index contributed by atoms with van der Waals surface area (Å²) in [7, 11) is 0. The van der Waals surface area contributed by atoms with Crippen molar-refractivity contribution >= 4 is 22.7 Å². The fraction of sp³-hybridized carbons (Fsp3) is 0.100. The van der Waals surface area contributed by atoms with Crippen molar-refractivity contribution in [2.75, 3.05) is 5.32 Å². The third-order valence-electron chi connectivity index (χ3n) is 4.21. The van der Waals surface area contributed by atoms with Gasteiger partial charge in [-0.15, -0.1) is 0 Å². The van der Waals surface area contributed by atoms with E-state index in [0.717, 1.165) is 0 Å². The van der Waals surface area contributed by atoms with Gasteiger partial charge in [-0.1, -0.05) is 0 Å². The number of rotatable bonds is 4. The average molecular weight is 438 g/mol. The maximum absolute atomic E-state index is 13.3. The number of hydrogen-bond donors (Lipinski definition) is 2.